The molecule has 5 nitrogen and oxygen atoms in total. The second kappa shape index (κ2) is 6.51. The minimum Gasteiger partial charge on any atom is -0.370 e. The van der Waals surface area contributed by atoms with Crippen molar-refractivity contribution in [3.8, 4) is 0 Å². The number of piperazine rings is 1. The highest BCUT2D eigenvalue weighted by atomic mass is 15.2. The van der Waals surface area contributed by atoms with Crippen molar-refractivity contribution in [1.82, 2.24) is 20.2 Å². The fraction of sp³-hybridized carbons (Fsp3) is 0.667. The minimum atomic E-state index is 0.929. The summed E-state index contributed by atoms with van der Waals surface area (Å²) in [4.78, 5) is 10.8. The van der Waals surface area contributed by atoms with Crippen LogP contribution in [-0.2, 0) is 0 Å². The molecule has 1 aromatic rings. The molecule has 0 atom stereocenters. The normalized spacial score (nSPS) is 17.0. The van der Waals surface area contributed by atoms with E-state index in [1.54, 1.807) is 6.33 Å². The van der Waals surface area contributed by atoms with Gasteiger partial charge in [-0.1, -0.05) is 0 Å². The summed E-state index contributed by atoms with van der Waals surface area (Å²) < 4.78 is 0. The molecule has 2 heterocycles. The number of hydrogen-bond acceptors (Lipinski definition) is 5. The Balaban J connectivity index is 1.62. The molecule has 1 aliphatic heterocycles. The fourth-order valence-corrected chi connectivity index (χ4v) is 2.01. The molecule has 1 aliphatic rings. The first-order valence-electron chi connectivity index (χ1n) is 6.30. The van der Waals surface area contributed by atoms with Crippen LogP contribution in [0.15, 0.2) is 12.4 Å². The summed E-state index contributed by atoms with van der Waals surface area (Å²) in [6.07, 6.45) is 2.76. The van der Waals surface area contributed by atoms with E-state index in [2.05, 4.69) is 25.5 Å². The highest BCUT2D eigenvalue weighted by molar-refractivity contribution is 5.34. The van der Waals surface area contributed by atoms with E-state index >= 15 is 0 Å². The van der Waals surface area contributed by atoms with Crippen LogP contribution in [0, 0.1) is 6.92 Å². The van der Waals surface area contributed by atoms with Crippen LogP contribution in [0.5, 0.6) is 0 Å². The molecule has 0 radical (unpaired) electrons. The third kappa shape index (κ3) is 4.28. The summed E-state index contributed by atoms with van der Waals surface area (Å²) in [7, 11) is 0. The van der Waals surface area contributed by atoms with Gasteiger partial charge in [0.15, 0.2) is 0 Å². The lowest BCUT2D eigenvalue weighted by molar-refractivity contribution is 0.240. The Labute approximate surface area is 103 Å². The largest absolute Gasteiger partial charge is 0.370 e. The van der Waals surface area contributed by atoms with Gasteiger partial charge >= 0.3 is 0 Å². The number of nitrogens with one attached hydrogen (secondary N) is 2. The Morgan fingerprint density at radius 2 is 2.18 bits per heavy atom. The first-order valence-corrected chi connectivity index (χ1v) is 6.30. The molecule has 2 N–H and O–H groups in total. The average molecular weight is 235 g/mol. The smallest absolute Gasteiger partial charge is 0.129 e. The van der Waals surface area contributed by atoms with Gasteiger partial charge in [-0.3, -0.25) is 0 Å². The van der Waals surface area contributed by atoms with Gasteiger partial charge in [-0.2, -0.15) is 0 Å². The van der Waals surface area contributed by atoms with Crippen molar-refractivity contribution in [1.29, 1.82) is 0 Å². The molecular weight excluding hydrogens is 214 g/mol. The molecule has 0 aliphatic carbocycles. The van der Waals surface area contributed by atoms with E-state index in [-0.39, 0.29) is 0 Å². The third-order valence-corrected chi connectivity index (χ3v) is 2.97. The second-order valence-electron chi connectivity index (χ2n) is 4.42. The van der Waals surface area contributed by atoms with Crippen molar-refractivity contribution in [3.63, 3.8) is 0 Å². The Bertz CT molecular complexity index is 335. The van der Waals surface area contributed by atoms with Crippen molar-refractivity contribution < 1.29 is 0 Å². The van der Waals surface area contributed by atoms with Crippen LogP contribution in [-0.4, -0.2) is 54.1 Å². The summed E-state index contributed by atoms with van der Waals surface area (Å²) in [5.41, 5.74) is 1.00. The van der Waals surface area contributed by atoms with Crippen molar-refractivity contribution in [2.24, 2.45) is 0 Å². The van der Waals surface area contributed by atoms with Gasteiger partial charge in [0.1, 0.15) is 12.1 Å². The monoisotopic (exact) mass is 235 g/mol. The third-order valence-electron chi connectivity index (χ3n) is 2.97. The lowest BCUT2D eigenvalue weighted by atomic mass is 10.3. The van der Waals surface area contributed by atoms with Crippen molar-refractivity contribution in [3.05, 3.63) is 18.1 Å². The first-order chi connectivity index (χ1) is 8.34. The van der Waals surface area contributed by atoms with Gasteiger partial charge < -0.3 is 15.5 Å². The maximum atomic E-state index is 4.18. The minimum absolute atomic E-state index is 0.929. The number of hydrogen-bond donors (Lipinski definition) is 2. The van der Waals surface area contributed by atoms with Gasteiger partial charge in [0.25, 0.3) is 0 Å². The van der Waals surface area contributed by atoms with Crippen molar-refractivity contribution in [2.75, 3.05) is 44.6 Å². The molecule has 0 bridgehead atoms. The molecule has 0 aromatic carbocycles. The predicted octanol–water partition coefficient (Wildman–Crippen LogP) is 0.492. The van der Waals surface area contributed by atoms with Crippen LogP contribution < -0.4 is 10.6 Å². The molecule has 1 aromatic heterocycles. The maximum Gasteiger partial charge on any atom is 0.129 e. The molecule has 0 spiro atoms. The van der Waals surface area contributed by atoms with Crippen LogP contribution in [0.1, 0.15) is 12.1 Å². The number of aryl methyl sites for hydroxylation is 1. The van der Waals surface area contributed by atoms with Crippen LogP contribution >= 0.6 is 0 Å². The van der Waals surface area contributed by atoms with Crippen LogP contribution in [0.2, 0.25) is 0 Å². The zero-order valence-electron chi connectivity index (χ0n) is 10.4. The average Bonchev–Trinajstić information content (AvgIpc) is 2.36. The molecule has 0 unspecified atom stereocenters. The Hall–Kier alpha value is -1.20. The zero-order valence-corrected chi connectivity index (χ0v) is 10.4. The highest BCUT2D eigenvalue weighted by Crippen LogP contribution is 2.02. The maximum absolute atomic E-state index is 4.18. The molecule has 1 saturated heterocycles. The zero-order chi connectivity index (χ0) is 11.9. The summed E-state index contributed by atoms with van der Waals surface area (Å²) in [6.45, 7) is 8.71. The van der Waals surface area contributed by atoms with Gasteiger partial charge in [-0.25, -0.2) is 9.97 Å². The molecule has 2 rings (SSSR count). The summed E-state index contributed by atoms with van der Waals surface area (Å²) in [5.74, 6) is 0.929. The van der Waals surface area contributed by atoms with Crippen molar-refractivity contribution >= 4 is 5.82 Å². The van der Waals surface area contributed by atoms with E-state index in [9.17, 15) is 0 Å². The summed E-state index contributed by atoms with van der Waals surface area (Å²) in [5, 5.41) is 6.69. The van der Waals surface area contributed by atoms with Gasteiger partial charge in [0.2, 0.25) is 0 Å². The fourth-order valence-electron chi connectivity index (χ4n) is 2.01. The second-order valence-corrected chi connectivity index (χ2v) is 4.42. The molecule has 17 heavy (non-hydrogen) atoms. The van der Waals surface area contributed by atoms with Crippen LogP contribution in [0.4, 0.5) is 5.82 Å². The standard InChI is InChI=1S/C12H21N5/c1-11-9-12(16-10-15-11)14-3-2-6-17-7-4-13-5-8-17/h9-10,13H,2-8H2,1H3,(H,14,15,16). The lowest BCUT2D eigenvalue weighted by Gasteiger charge is -2.27. The van der Waals surface area contributed by atoms with Gasteiger partial charge in [0.05, 0.1) is 0 Å². The SMILES string of the molecule is Cc1cc(NCCCN2CCNCC2)ncn1. The lowest BCUT2D eigenvalue weighted by Crippen LogP contribution is -2.44. The molecule has 94 valence electrons. The Morgan fingerprint density at radius 1 is 1.35 bits per heavy atom. The van der Waals surface area contributed by atoms with E-state index in [0.29, 0.717) is 0 Å². The van der Waals surface area contributed by atoms with Gasteiger partial charge in [-0.05, 0) is 19.9 Å². The topological polar surface area (TPSA) is 53.1 Å². The number of aromatic nitrogens is 2. The van der Waals surface area contributed by atoms with Crippen LogP contribution in [0.3, 0.4) is 0 Å². The van der Waals surface area contributed by atoms with E-state index in [4.69, 9.17) is 0 Å². The van der Waals surface area contributed by atoms with E-state index in [0.717, 1.165) is 37.6 Å². The Morgan fingerprint density at radius 3 is 2.94 bits per heavy atom. The van der Waals surface area contributed by atoms with E-state index < -0.39 is 0 Å². The Kier molecular flexibility index (Phi) is 4.70. The van der Waals surface area contributed by atoms with Gasteiger partial charge in [-0.15, -0.1) is 0 Å². The van der Waals surface area contributed by atoms with Crippen LogP contribution in [0.25, 0.3) is 0 Å². The summed E-state index contributed by atoms with van der Waals surface area (Å²) >= 11 is 0. The number of anilines is 1. The number of rotatable bonds is 5. The molecule has 0 amide bonds. The number of nitrogens with zero attached hydrogens (tertiary/aromatic N) is 3. The molecule has 5 heteroatoms. The molecule has 1 fully saturated rings. The quantitative estimate of drug-likeness (QED) is 0.728. The molecule has 0 saturated carbocycles. The molecular formula is C12H21N5. The predicted molar refractivity (Wildman–Crippen MR) is 69.2 cm³/mol. The van der Waals surface area contributed by atoms with E-state index in [1.165, 1.54) is 19.6 Å². The van der Waals surface area contributed by atoms with Crippen molar-refractivity contribution in [2.45, 2.75) is 13.3 Å². The van der Waals surface area contributed by atoms with Gasteiger partial charge in [0, 0.05) is 44.5 Å². The first kappa shape index (κ1) is 12.3. The summed E-state index contributed by atoms with van der Waals surface area (Å²) in [6, 6.07) is 1.98. The van der Waals surface area contributed by atoms with E-state index in [1.807, 2.05) is 13.0 Å². The highest BCUT2D eigenvalue weighted by Gasteiger charge is 2.07.